The minimum atomic E-state index is -3.34. The molecule has 0 unspecified atom stereocenters. The Bertz CT molecular complexity index is 782. The average Bonchev–Trinajstić information content (AvgIpc) is 2.63. The third kappa shape index (κ3) is 4.69. The minimum absolute atomic E-state index is 0.394. The van der Waals surface area contributed by atoms with Gasteiger partial charge in [0, 0.05) is 19.6 Å². The summed E-state index contributed by atoms with van der Waals surface area (Å²) in [5.74, 6) is 0.534. The van der Waals surface area contributed by atoms with E-state index in [1.165, 1.54) is 11.1 Å². The molecule has 1 fully saturated rings. The van der Waals surface area contributed by atoms with Crippen molar-refractivity contribution in [1.82, 2.24) is 9.62 Å². The largest absolute Gasteiger partial charge is 0.312 e. The van der Waals surface area contributed by atoms with Gasteiger partial charge in [0.2, 0.25) is 10.0 Å². The van der Waals surface area contributed by atoms with E-state index in [-0.39, 0.29) is 0 Å². The highest BCUT2D eigenvalue weighted by Crippen LogP contribution is 2.23. The van der Waals surface area contributed by atoms with Gasteiger partial charge in [0.05, 0.1) is 4.90 Å². The van der Waals surface area contributed by atoms with Crippen molar-refractivity contribution in [2.24, 2.45) is 5.92 Å². The molecule has 1 saturated heterocycles. The molecule has 1 aliphatic rings. The van der Waals surface area contributed by atoms with Crippen LogP contribution in [0.3, 0.4) is 0 Å². The van der Waals surface area contributed by atoms with Gasteiger partial charge in [-0.2, -0.15) is 4.31 Å². The van der Waals surface area contributed by atoms with Crippen LogP contribution in [0.25, 0.3) is 0 Å². The van der Waals surface area contributed by atoms with E-state index in [2.05, 4.69) is 36.5 Å². The maximum absolute atomic E-state index is 12.6. The molecule has 1 N–H and O–H groups in total. The number of hydrogen-bond donors (Lipinski definition) is 1. The maximum Gasteiger partial charge on any atom is 0.243 e. The molecule has 0 bridgehead atoms. The summed E-state index contributed by atoms with van der Waals surface area (Å²) in [5, 5.41) is 3.52. The molecule has 2 aromatic carbocycles. The summed E-state index contributed by atoms with van der Waals surface area (Å²) in [6, 6.07) is 17.2. The number of piperidine rings is 1. The highest BCUT2D eigenvalue weighted by Gasteiger charge is 2.28. The Balaban J connectivity index is 1.47. The number of sulfonamides is 1. The molecule has 1 aliphatic heterocycles. The number of nitrogens with zero attached hydrogens (tertiary/aromatic N) is 1. The van der Waals surface area contributed by atoms with E-state index < -0.39 is 10.0 Å². The van der Waals surface area contributed by atoms with Crippen molar-refractivity contribution >= 4 is 10.0 Å². The molecular weight excluding hydrogens is 332 g/mol. The van der Waals surface area contributed by atoms with Crippen LogP contribution in [-0.2, 0) is 16.6 Å². The Labute approximate surface area is 150 Å². The first kappa shape index (κ1) is 18.1. The zero-order chi connectivity index (χ0) is 17.7. The second kappa shape index (κ2) is 8.13. The quantitative estimate of drug-likeness (QED) is 0.863. The van der Waals surface area contributed by atoms with Gasteiger partial charge in [-0.25, -0.2) is 8.42 Å². The van der Waals surface area contributed by atoms with Crippen molar-refractivity contribution in [1.29, 1.82) is 0 Å². The molecule has 25 heavy (non-hydrogen) atoms. The summed E-state index contributed by atoms with van der Waals surface area (Å²) in [4.78, 5) is 0.394. The number of hydrogen-bond acceptors (Lipinski definition) is 3. The maximum atomic E-state index is 12.6. The van der Waals surface area contributed by atoms with Gasteiger partial charge in [-0.3, -0.25) is 0 Å². The van der Waals surface area contributed by atoms with Crippen LogP contribution in [-0.4, -0.2) is 32.4 Å². The Morgan fingerprint density at radius 3 is 2.44 bits per heavy atom. The third-order valence-electron chi connectivity index (χ3n) is 4.80. The normalized spacial score (nSPS) is 16.8. The molecule has 0 aromatic heterocycles. The van der Waals surface area contributed by atoms with Crippen molar-refractivity contribution in [3.8, 4) is 0 Å². The minimum Gasteiger partial charge on any atom is -0.312 e. The first-order valence-electron chi connectivity index (χ1n) is 8.87. The van der Waals surface area contributed by atoms with Gasteiger partial charge >= 0.3 is 0 Å². The number of aryl methyl sites for hydroxylation is 1. The summed E-state index contributed by atoms with van der Waals surface area (Å²) in [6.07, 6.45) is 1.82. The highest BCUT2D eigenvalue weighted by molar-refractivity contribution is 7.89. The van der Waals surface area contributed by atoms with Crippen LogP contribution in [0.5, 0.6) is 0 Å². The molecular formula is C20H26N2O2S. The fraction of sp³-hybridized carbons (Fsp3) is 0.400. The van der Waals surface area contributed by atoms with Gasteiger partial charge in [0.25, 0.3) is 0 Å². The molecule has 0 saturated carbocycles. The Morgan fingerprint density at radius 1 is 1.04 bits per heavy atom. The van der Waals surface area contributed by atoms with E-state index in [9.17, 15) is 8.42 Å². The first-order valence-corrected chi connectivity index (χ1v) is 10.3. The second-order valence-electron chi connectivity index (χ2n) is 6.78. The lowest BCUT2D eigenvalue weighted by atomic mass is 9.98. The van der Waals surface area contributed by atoms with Crippen LogP contribution >= 0.6 is 0 Å². The number of rotatable bonds is 6. The SMILES string of the molecule is Cc1cccc(CNCC2CCN(S(=O)(=O)c3ccccc3)CC2)c1. The van der Waals surface area contributed by atoms with Crippen molar-refractivity contribution in [2.45, 2.75) is 31.2 Å². The van der Waals surface area contributed by atoms with Crippen LogP contribution in [0.15, 0.2) is 59.5 Å². The number of benzene rings is 2. The summed E-state index contributed by atoms with van der Waals surface area (Å²) in [7, 11) is -3.34. The molecule has 134 valence electrons. The monoisotopic (exact) mass is 358 g/mol. The van der Waals surface area contributed by atoms with Crippen molar-refractivity contribution in [2.75, 3.05) is 19.6 Å². The third-order valence-corrected chi connectivity index (χ3v) is 6.71. The van der Waals surface area contributed by atoms with E-state index in [1.807, 2.05) is 6.07 Å². The summed E-state index contributed by atoms with van der Waals surface area (Å²) in [5.41, 5.74) is 2.57. The first-order chi connectivity index (χ1) is 12.1. The average molecular weight is 359 g/mol. The molecule has 2 aromatic rings. The second-order valence-corrected chi connectivity index (χ2v) is 8.72. The van der Waals surface area contributed by atoms with Gasteiger partial charge in [-0.1, -0.05) is 48.0 Å². The standard InChI is InChI=1S/C20H26N2O2S/c1-17-6-5-7-19(14-17)16-21-15-18-10-12-22(13-11-18)25(23,24)20-8-3-2-4-9-20/h2-9,14,18,21H,10-13,15-16H2,1H3. The predicted octanol–water partition coefficient (Wildman–Crippen LogP) is 3.19. The molecule has 0 spiro atoms. The van der Waals surface area contributed by atoms with Crippen LogP contribution < -0.4 is 5.32 Å². The molecule has 0 aliphatic carbocycles. The fourth-order valence-corrected chi connectivity index (χ4v) is 4.83. The molecule has 4 nitrogen and oxygen atoms in total. The Hall–Kier alpha value is -1.69. The molecule has 5 heteroatoms. The zero-order valence-corrected chi connectivity index (χ0v) is 15.5. The molecule has 0 amide bonds. The van der Waals surface area contributed by atoms with Crippen molar-refractivity contribution in [3.63, 3.8) is 0 Å². The van der Waals surface area contributed by atoms with Crippen LogP contribution in [0.1, 0.15) is 24.0 Å². The topological polar surface area (TPSA) is 49.4 Å². The lowest BCUT2D eigenvalue weighted by Crippen LogP contribution is -2.40. The van der Waals surface area contributed by atoms with E-state index >= 15 is 0 Å². The van der Waals surface area contributed by atoms with E-state index in [0.717, 1.165) is 25.9 Å². The Morgan fingerprint density at radius 2 is 1.76 bits per heavy atom. The lowest BCUT2D eigenvalue weighted by molar-refractivity contribution is 0.267. The van der Waals surface area contributed by atoms with Gasteiger partial charge in [0.1, 0.15) is 0 Å². The summed E-state index contributed by atoms with van der Waals surface area (Å²) >= 11 is 0. The van der Waals surface area contributed by atoms with Gasteiger partial charge in [-0.15, -0.1) is 0 Å². The van der Waals surface area contributed by atoms with Crippen LogP contribution in [0.4, 0.5) is 0 Å². The lowest BCUT2D eigenvalue weighted by Gasteiger charge is -2.31. The molecule has 0 atom stereocenters. The molecule has 0 radical (unpaired) electrons. The fourth-order valence-electron chi connectivity index (χ4n) is 3.34. The Kier molecular flexibility index (Phi) is 5.89. The van der Waals surface area contributed by atoms with Crippen LogP contribution in [0.2, 0.25) is 0 Å². The van der Waals surface area contributed by atoms with Gasteiger partial charge in [-0.05, 0) is 49.9 Å². The van der Waals surface area contributed by atoms with Crippen molar-refractivity contribution < 1.29 is 8.42 Å². The summed E-state index contributed by atoms with van der Waals surface area (Å²) in [6.45, 7) is 5.12. The van der Waals surface area contributed by atoms with Crippen LogP contribution in [0, 0.1) is 12.8 Å². The zero-order valence-electron chi connectivity index (χ0n) is 14.7. The smallest absolute Gasteiger partial charge is 0.243 e. The van der Waals surface area contributed by atoms with E-state index in [4.69, 9.17) is 0 Å². The van der Waals surface area contributed by atoms with Crippen molar-refractivity contribution in [3.05, 3.63) is 65.7 Å². The molecule has 1 heterocycles. The van der Waals surface area contributed by atoms with E-state index in [0.29, 0.717) is 23.9 Å². The highest BCUT2D eigenvalue weighted by atomic mass is 32.2. The predicted molar refractivity (Wildman–Crippen MR) is 101 cm³/mol. The van der Waals surface area contributed by atoms with Gasteiger partial charge < -0.3 is 5.32 Å². The molecule has 3 rings (SSSR count). The number of nitrogens with one attached hydrogen (secondary N) is 1. The summed E-state index contributed by atoms with van der Waals surface area (Å²) < 4.78 is 26.9. The van der Waals surface area contributed by atoms with Gasteiger partial charge in [0.15, 0.2) is 0 Å². The van der Waals surface area contributed by atoms with E-state index in [1.54, 1.807) is 28.6 Å².